The molecule has 2 aromatic carbocycles. The van der Waals surface area contributed by atoms with Crippen molar-refractivity contribution in [1.82, 2.24) is 9.62 Å². The number of carbonyl (C=O) groups is 1. The van der Waals surface area contributed by atoms with Crippen LogP contribution in [-0.2, 0) is 10.0 Å². The normalized spacial score (nSPS) is 12.5. The summed E-state index contributed by atoms with van der Waals surface area (Å²) in [5.41, 5.74) is 0.266. The molecule has 0 unspecified atom stereocenters. The highest BCUT2D eigenvalue weighted by molar-refractivity contribution is 7.89. The molecular formula is C19H24N2O5S. The molecule has 7 nitrogen and oxygen atoms in total. The van der Waals surface area contributed by atoms with Gasteiger partial charge in [-0.15, -0.1) is 0 Å². The van der Waals surface area contributed by atoms with E-state index in [0.717, 1.165) is 4.31 Å². The Morgan fingerprint density at radius 1 is 1.11 bits per heavy atom. The molecule has 0 bridgehead atoms. The van der Waals surface area contributed by atoms with Crippen LogP contribution in [0.4, 0.5) is 0 Å². The summed E-state index contributed by atoms with van der Waals surface area (Å²) >= 11 is 0. The highest BCUT2D eigenvalue weighted by Crippen LogP contribution is 2.25. The fraction of sp³-hybridized carbons (Fsp3) is 0.316. The number of carbonyl (C=O) groups excluding carboxylic acids is 1. The first-order chi connectivity index (χ1) is 12.8. The second-order valence-electron chi connectivity index (χ2n) is 6.15. The van der Waals surface area contributed by atoms with E-state index in [1.54, 1.807) is 38.3 Å². The third kappa shape index (κ3) is 5.21. The Labute approximate surface area is 160 Å². The first kappa shape index (κ1) is 20.7. The lowest BCUT2D eigenvalue weighted by Gasteiger charge is -2.17. The van der Waals surface area contributed by atoms with Gasteiger partial charge < -0.3 is 14.8 Å². The van der Waals surface area contributed by atoms with Crippen molar-refractivity contribution in [2.75, 3.05) is 27.8 Å². The van der Waals surface area contributed by atoms with Crippen LogP contribution in [0.15, 0.2) is 53.4 Å². The van der Waals surface area contributed by atoms with Crippen molar-refractivity contribution in [1.29, 1.82) is 0 Å². The summed E-state index contributed by atoms with van der Waals surface area (Å²) in [6.07, 6.45) is 0. The number of methoxy groups -OCH3 is 1. The van der Waals surface area contributed by atoms with E-state index < -0.39 is 10.0 Å². The van der Waals surface area contributed by atoms with Gasteiger partial charge in [0.25, 0.3) is 5.91 Å². The van der Waals surface area contributed by atoms with Crippen LogP contribution in [0, 0.1) is 0 Å². The maximum atomic E-state index is 12.4. The minimum atomic E-state index is -3.60. The zero-order valence-electron chi connectivity index (χ0n) is 15.8. The Bertz CT molecular complexity index is 896. The molecule has 0 fully saturated rings. The lowest BCUT2D eigenvalue weighted by molar-refractivity contribution is 0.0926. The van der Waals surface area contributed by atoms with Crippen LogP contribution in [0.1, 0.15) is 17.3 Å². The monoisotopic (exact) mass is 392 g/mol. The highest BCUT2D eigenvalue weighted by atomic mass is 32.2. The minimum Gasteiger partial charge on any atom is -0.493 e. The first-order valence-electron chi connectivity index (χ1n) is 8.35. The van der Waals surface area contributed by atoms with Gasteiger partial charge in [-0.3, -0.25) is 4.79 Å². The Kier molecular flexibility index (Phi) is 6.81. The van der Waals surface area contributed by atoms with Crippen LogP contribution in [0.25, 0.3) is 0 Å². The molecule has 1 atom stereocenters. The van der Waals surface area contributed by atoms with Crippen molar-refractivity contribution in [3.05, 3.63) is 54.1 Å². The zero-order valence-corrected chi connectivity index (χ0v) is 16.6. The molecule has 0 aliphatic rings. The number of ether oxygens (including phenoxy) is 2. The van der Waals surface area contributed by atoms with Crippen molar-refractivity contribution in [3.8, 4) is 11.5 Å². The molecule has 27 heavy (non-hydrogen) atoms. The van der Waals surface area contributed by atoms with E-state index in [4.69, 9.17) is 9.47 Å². The maximum Gasteiger partial charge on any atom is 0.251 e. The third-order valence-corrected chi connectivity index (χ3v) is 5.62. The molecule has 146 valence electrons. The van der Waals surface area contributed by atoms with Crippen molar-refractivity contribution in [2.45, 2.75) is 17.9 Å². The van der Waals surface area contributed by atoms with E-state index >= 15 is 0 Å². The molecule has 2 aromatic rings. The maximum absolute atomic E-state index is 12.4. The van der Waals surface area contributed by atoms with Gasteiger partial charge in [-0.05, 0) is 37.3 Å². The van der Waals surface area contributed by atoms with Crippen LogP contribution >= 0.6 is 0 Å². The number of nitrogens with zero attached hydrogens (tertiary/aromatic N) is 1. The number of para-hydroxylation sites is 2. The van der Waals surface area contributed by atoms with Crippen molar-refractivity contribution >= 4 is 15.9 Å². The molecule has 1 N–H and O–H groups in total. The fourth-order valence-electron chi connectivity index (χ4n) is 2.31. The Morgan fingerprint density at radius 3 is 2.41 bits per heavy atom. The van der Waals surface area contributed by atoms with Gasteiger partial charge in [-0.1, -0.05) is 18.2 Å². The van der Waals surface area contributed by atoms with E-state index in [9.17, 15) is 13.2 Å². The molecule has 1 amide bonds. The summed E-state index contributed by atoms with van der Waals surface area (Å²) in [6.45, 7) is 2.04. The Morgan fingerprint density at radius 2 is 1.78 bits per heavy atom. The smallest absolute Gasteiger partial charge is 0.251 e. The number of benzene rings is 2. The molecule has 0 radical (unpaired) electrons. The minimum absolute atomic E-state index is 0.0677. The number of amides is 1. The van der Waals surface area contributed by atoms with E-state index in [1.165, 1.54) is 26.2 Å². The molecule has 0 heterocycles. The van der Waals surface area contributed by atoms with Crippen LogP contribution in [0.2, 0.25) is 0 Å². The molecule has 2 rings (SSSR count). The molecule has 0 saturated carbocycles. The van der Waals surface area contributed by atoms with Crippen LogP contribution in [-0.4, -0.2) is 52.5 Å². The molecule has 0 aliphatic heterocycles. The van der Waals surface area contributed by atoms with Gasteiger partial charge in [0.1, 0.15) is 6.61 Å². The fourth-order valence-corrected chi connectivity index (χ4v) is 3.26. The Balaban J connectivity index is 2.02. The molecule has 0 saturated heterocycles. The standard InChI is InChI=1S/C19H24N2O5S/c1-14(13-26-18-11-6-5-10-17(18)25-4)20-19(22)15-8-7-9-16(12-15)27(23,24)21(2)3/h5-12,14H,13H2,1-4H3,(H,20,22)/t14-/m0/s1. The van der Waals surface area contributed by atoms with Crippen LogP contribution < -0.4 is 14.8 Å². The van der Waals surface area contributed by atoms with Gasteiger partial charge in [0.2, 0.25) is 10.0 Å². The molecule has 0 aliphatic carbocycles. The summed E-state index contributed by atoms with van der Waals surface area (Å²) in [5.74, 6) is 0.819. The van der Waals surface area contributed by atoms with Gasteiger partial charge in [-0.25, -0.2) is 12.7 Å². The zero-order chi connectivity index (χ0) is 20.0. The number of rotatable bonds is 8. The van der Waals surface area contributed by atoms with Crippen LogP contribution in [0.3, 0.4) is 0 Å². The summed E-state index contributed by atoms with van der Waals surface area (Å²) in [4.78, 5) is 12.5. The number of hydrogen-bond donors (Lipinski definition) is 1. The van der Waals surface area contributed by atoms with Crippen molar-refractivity contribution < 1.29 is 22.7 Å². The van der Waals surface area contributed by atoms with Gasteiger partial charge in [0.05, 0.1) is 18.0 Å². The van der Waals surface area contributed by atoms with Gasteiger partial charge in [0, 0.05) is 19.7 Å². The van der Waals surface area contributed by atoms with E-state index in [-0.39, 0.29) is 29.0 Å². The third-order valence-electron chi connectivity index (χ3n) is 3.81. The first-order valence-corrected chi connectivity index (χ1v) is 9.79. The quantitative estimate of drug-likeness (QED) is 0.744. The summed E-state index contributed by atoms with van der Waals surface area (Å²) < 4.78 is 36.4. The summed E-state index contributed by atoms with van der Waals surface area (Å²) in [5, 5.41) is 2.80. The predicted molar refractivity (Wildman–Crippen MR) is 103 cm³/mol. The number of sulfonamides is 1. The largest absolute Gasteiger partial charge is 0.493 e. The molecule has 0 spiro atoms. The van der Waals surface area contributed by atoms with Crippen molar-refractivity contribution in [2.24, 2.45) is 0 Å². The molecular weight excluding hydrogens is 368 g/mol. The van der Waals surface area contributed by atoms with E-state index in [0.29, 0.717) is 11.5 Å². The molecule has 8 heteroatoms. The number of nitrogens with one attached hydrogen (secondary N) is 1. The van der Waals surface area contributed by atoms with Crippen LogP contribution in [0.5, 0.6) is 11.5 Å². The number of hydrogen-bond acceptors (Lipinski definition) is 5. The van der Waals surface area contributed by atoms with Crippen molar-refractivity contribution in [3.63, 3.8) is 0 Å². The Hall–Kier alpha value is -2.58. The van der Waals surface area contributed by atoms with Gasteiger partial charge in [-0.2, -0.15) is 0 Å². The second-order valence-corrected chi connectivity index (χ2v) is 8.30. The lowest BCUT2D eigenvalue weighted by atomic mass is 10.2. The second kappa shape index (κ2) is 8.88. The van der Waals surface area contributed by atoms with E-state index in [1.807, 2.05) is 12.1 Å². The van der Waals surface area contributed by atoms with E-state index in [2.05, 4.69) is 5.32 Å². The lowest BCUT2D eigenvalue weighted by Crippen LogP contribution is -2.37. The summed E-state index contributed by atoms with van der Waals surface area (Å²) in [6, 6.07) is 12.9. The SMILES string of the molecule is COc1ccccc1OC[C@H](C)NC(=O)c1cccc(S(=O)(=O)N(C)C)c1. The molecule has 0 aromatic heterocycles. The predicted octanol–water partition coefficient (Wildman–Crippen LogP) is 2.14. The highest BCUT2D eigenvalue weighted by Gasteiger charge is 2.19. The van der Waals surface area contributed by atoms with Gasteiger partial charge >= 0.3 is 0 Å². The van der Waals surface area contributed by atoms with Gasteiger partial charge in [0.15, 0.2) is 11.5 Å². The topological polar surface area (TPSA) is 84.9 Å². The summed E-state index contributed by atoms with van der Waals surface area (Å²) in [7, 11) is 0.845. The average molecular weight is 392 g/mol. The average Bonchev–Trinajstić information content (AvgIpc) is 2.66.